The van der Waals surface area contributed by atoms with Crippen LogP contribution in [-0.2, 0) is 22.4 Å². The third kappa shape index (κ3) is 3.24. The van der Waals surface area contributed by atoms with Crippen molar-refractivity contribution in [1.29, 1.82) is 0 Å². The Morgan fingerprint density at radius 2 is 2.00 bits per heavy atom. The van der Waals surface area contributed by atoms with Crippen molar-refractivity contribution in [2.45, 2.75) is 32.1 Å². The van der Waals surface area contributed by atoms with Crippen LogP contribution in [0.1, 0.15) is 30.5 Å². The van der Waals surface area contributed by atoms with E-state index in [1.165, 1.54) is 11.3 Å². The summed E-state index contributed by atoms with van der Waals surface area (Å²) in [5.74, 6) is 1.58. The molecular formula is C22H31BN6O2. The summed E-state index contributed by atoms with van der Waals surface area (Å²) >= 11 is 0. The molecule has 0 radical (unpaired) electrons. The van der Waals surface area contributed by atoms with Gasteiger partial charge < -0.3 is 19.9 Å². The lowest BCUT2D eigenvalue weighted by atomic mass is 9.77. The van der Waals surface area contributed by atoms with E-state index in [9.17, 15) is 4.79 Å². The van der Waals surface area contributed by atoms with Gasteiger partial charge in [0.05, 0.1) is 18.2 Å². The van der Waals surface area contributed by atoms with Crippen LogP contribution in [0, 0.1) is 11.3 Å². The molecule has 2 aromatic heterocycles. The molecule has 3 saturated heterocycles. The van der Waals surface area contributed by atoms with E-state index in [-0.39, 0.29) is 5.92 Å². The molecule has 1 N–H and O–H groups in total. The summed E-state index contributed by atoms with van der Waals surface area (Å²) in [6.45, 7) is 7.03. The van der Waals surface area contributed by atoms with Crippen molar-refractivity contribution in [3.63, 3.8) is 0 Å². The molecule has 164 valence electrons. The fraction of sp³-hybridized carbons (Fsp3) is 0.682. The second-order valence-corrected chi connectivity index (χ2v) is 9.90. The van der Waals surface area contributed by atoms with Gasteiger partial charge in [-0.2, -0.15) is 9.61 Å². The highest BCUT2D eigenvalue weighted by atomic mass is 16.5. The maximum atomic E-state index is 13.2. The highest BCUT2D eigenvalue weighted by Gasteiger charge is 2.43. The van der Waals surface area contributed by atoms with E-state index in [0.717, 1.165) is 102 Å². The number of anilines is 1. The standard InChI is InChI=1S/C22H31BN6O2/c23-17-11-25-29-19(17)26-18-2-7-24-6-1-16(18)20(29)28-12-15(13-28)21(30)27-8-3-22(4-9-27)5-10-31-14-22/h11,15,24H,1-10,12-14,23H2. The zero-order valence-corrected chi connectivity index (χ0v) is 18.4. The van der Waals surface area contributed by atoms with E-state index in [0.29, 0.717) is 11.3 Å². The molecular weight excluding hydrogens is 391 g/mol. The highest BCUT2D eigenvalue weighted by Crippen LogP contribution is 2.40. The maximum Gasteiger partial charge on any atom is 0.229 e. The summed E-state index contributed by atoms with van der Waals surface area (Å²) in [6, 6.07) is 0. The molecule has 4 aliphatic rings. The molecule has 2 aromatic rings. The number of piperidine rings is 1. The fourth-order valence-electron chi connectivity index (χ4n) is 5.81. The van der Waals surface area contributed by atoms with Crippen LogP contribution >= 0.6 is 0 Å². The van der Waals surface area contributed by atoms with Gasteiger partial charge >= 0.3 is 0 Å². The van der Waals surface area contributed by atoms with Gasteiger partial charge in [-0.15, -0.1) is 0 Å². The summed E-state index contributed by atoms with van der Waals surface area (Å²) in [7, 11) is 2.07. The molecule has 1 spiro atoms. The second kappa shape index (κ2) is 7.48. The first-order chi connectivity index (χ1) is 15.1. The van der Waals surface area contributed by atoms with Crippen LogP contribution in [0.25, 0.3) is 5.65 Å². The van der Waals surface area contributed by atoms with E-state index in [1.807, 2.05) is 10.7 Å². The average Bonchev–Trinajstić information content (AvgIpc) is 3.26. The molecule has 31 heavy (non-hydrogen) atoms. The van der Waals surface area contributed by atoms with Gasteiger partial charge in [0.2, 0.25) is 5.91 Å². The van der Waals surface area contributed by atoms with E-state index in [2.05, 4.69) is 28.1 Å². The Kier molecular flexibility index (Phi) is 4.72. The zero-order chi connectivity index (χ0) is 21.0. The number of hydrogen-bond donors (Lipinski definition) is 1. The number of nitrogens with zero attached hydrogens (tertiary/aromatic N) is 5. The van der Waals surface area contributed by atoms with Crippen molar-refractivity contribution < 1.29 is 9.53 Å². The topological polar surface area (TPSA) is 75.0 Å². The van der Waals surface area contributed by atoms with Gasteiger partial charge in [0.25, 0.3) is 0 Å². The van der Waals surface area contributed by atoms with Crippen LogP contribution < -0.4 is 15.7 Å². The number of carbonyl (C=O) groups excluding carboxylic acids is 1. The van der Waals surface area contributed by atoms with Gasteiger partial charge in [-0.1, -0.05) is 0 Å². The van der Waals surface area contributed by atoms with Crippen LogP contribution in [0.5, 0.6) is 0 Å². The molecule has 8 nitrogen and oxygen atoms in total. The smallest absolute Gasteiger partial charge is 0.229 e. The molecule has 9 heteroatoms. The predicted octanol–water partition coefficient (Wildman–Crippen LogP) is -0.859. The number of ether oxygens (including phenoxy) is 1. The van der Waals surface area contributed by atoms with Crippen LogP contribution in [0.3, 0.4) is 0 Å². The maximum absolute atomic E-state index is 13.2. The molecule has 6 heterocycles. The molecule has 4 aliphatic heterocycles. The van der Waals surface area contributed by atoms with Crippen molar-refractivity contribution in [3.05, 3.63) is 17.5 Å². The number of rotatable bonds is 2. The Bertz CT molecular complexity index is 1000. The lowest BCUT2D eigenvalue weighted by molar-refractivity contribution is -0.138. The number of nitrogens with one attached hydrogen (secondary N) is 1. The van der Waals surface area contributed by atoms with Crippen LogP contribution in [0.2, 0.25) is 0 Å². The number of likely N-dealkylation sites (tertiary alicyclic amines) is 1. The summed E-state index contributed by atoms with van der Waals surface area (Å²) < 4.78 is 7.64. The molecule has 0 atom stereocenters. The third-order valence-electron chi connectivity index (χ3n) is 7.92. The second-order valence-electron chi connectivity index (χ2n) is 9.90. The van der Waals surface area contributed by atoms with Gasteiger partial charge in [0.1, 0.15) is 13.7 Å². The number of amides is 1. The molecule has 3 fully saturated rings. The minimum atomic E-state index is 0.0910. The fourth-order valence-corrected chi connectivity index (χ4v) is 5.81. The lowest BCUT2D eigenvalue weighted by Gasteiger charge is -2.45. The summed E-state index contributed by atoms with van der Waals surface area (Å²) in [6.07, 6.45) is 7.15. The lowest BCUT2D eigenvalue weighted by Crippen LogP contribution is -2.57. The number of carbonyl (C=O) groups is 1. The van der Waals surface area contributed by atoms with E-state index in [1.54, 1.807) is 0 Å². The molecule has 1 amide bonds. The Morgan fingerprint density at radius 1 is 1.19 bits per heavy atom. The number of fused-ring (bicyclic) bond motifs is 2. The van der Waals surface area contributed by atoms with Crippen molar-refractivity contribution in [2.24, 2.45) is 11.3 Å². The van der Waals surface area contributed by atoms with E-state index < -0.39 is 0 Å². The van der Waals surface area contributed by atoms with Crippen molar-refractivity contribution in [2.75, 3.05) is 57.4 Å². The average molecular weight is 422 g/mol. The Labute approximate surface area is 183 Å². The van der Waals surface area contributed by atoms with Gasteiger partial charge in [0, 0.05) is 57.5 Å². The van der Waals surface area contributed by atoms with Crippen LogP contribution in [0.15, 0.2) is 6.20 Å². The first-order valence-electron chi connectivity index (χ1n) is 11.8. The number of aromatic nitrogens is 3. The molecule has 0 aromatic carbocycles. The largest absolute Gasteiger partial charge is 0.381 e. The van der Waals surface area contributed by atoms with Gasteiger partial charge in [-0.3, -0.25) is 4.79 Å². The predicted molar refractivity (Wildman–Crippen MR) is 121 cm³/mol. The third-order valence-corrected chi connectivity index (χ3v) is 7.92. The van der Waals surface area contributed by atoms with E-state index in [4.69, 9.17) is 9.72 Å². The quantitative estimate of drug-likeness (QED) is 0.636. The van der Waals surface area contributed by atoms with Crippen LogP contribution in [0.4, 0.5) is 5.82 Å². The highest BCUT2D eigenvalue weighted by molar-refractivity contribution is 6.36. The molecule has 6 rings (SSSR count). The molecule has 0 unspecified atom stereocenters. The van der Waals surface area contributed by atoms with Crippen molar-refractivity contribution in [3.8, 4) is 0 Å². The van der Waals surface area contributed by atoms with Gasteiger partial charge in [-0.05, 0) is 43.1 Å². The minimum absolute atomic E-state index is 0.0910. The summed E-state index contributed by atoms with van der Waals surface area (Å²) in [5.41, 5.74) is 4.88. The molecule has 0 bridgehead atoms. The van der Waals surface area contributed by atoms with E-state index >= 15 is 0 Å². The minimum Gasteiger partial charge on any atom is -0.381 e. The van der Waals surface area contributed by atoms with Crippen molar-refractivity contribution in [1.82, 2.24) is 24.8 Å². The van der Waals surface area contributed by atoms with Crippen LogP contribution in [-0.4, -0.2) is 85.7 Å². The first-order valence-corrected chi connectivity index (χ1v) is 11.8. The normalized spacial score (nSPS) is 23.7. The SMILES string of the molecule is Bc1cnn2c(N3CC(C(=O)N4CCC5(CCOC5)CC4)C3)c3c(nc12)CCNCC3. The van der Waals surface area contributed by atoms with Gasteiger partial charge in [-0.25, -0.2) is 4.98 Å². The number of hydrogen-bond acceptors (Lipinski definition) is 6. The Hall–Kier alpha value is -2.13. The first kappa shape index (κ1) is 19.6. The monoisotopic (exact) mass is 422 g/mol. The summed E-state index contributed by atoms with van der Waals surface area (Å²) in [4.78, 5) is 22.6. The molecule has 0 saturated carbocycles. The van der Waals surface area contributed by atoms with Gasteiger partial charge in [0.15, 0.2) is 5.65 Å². The van der Waals surface area contributed by atoms with Crippen molar-refractivity contribution >= 4 is 30.7 Å². The Morgan fingerprint density at radius 3 is 2.77 bits per heavy atom. The Balaban J connectivity index is 1.19. The summed E-state index contributed by atoms with van der Waals surface area (Å²) in [5, 5.41) is 8.14. The zero-order valence-electron chi connectivity index (χ0n) is 18.4. The molecule has 0 aliphatic carbocycles.